The molecule has 0 saturated carbocycles. The van der Waals surface area contributed by atoms with Crippen molar-refractivity contribution in [1.82, 2.24) is 20.6 Å². The van der Waals surface area contributed by atoms with Gasteiger partial charge in [-0.15, -0.1) is 0 Å². The average Bonchev–Trinajstić information content (AvgIpc) is 3.28. The zero-order valence-corrected chi connectivity index (χ0v) is 17.7. The van der Waals surface area contributed by atoms with E-state index in [9.17, 15) is 14.4 Å². The monoisotopic (exact) mass is 434 g/mol. The topological polar surface area (TPSA) is 122 Å². The third-order valence-corrected chi connectivity index (χ3v) is 4.86. The maximum absolute atomic E-state index is 12.8. The molecule has 3 N–H and O–H groups in total. The summed E-state index contributed by atoms with van der Waals surface area (Å²) in [5.74, 6) is -0.389. The fourth-order valence-corrected chi connectivity index (χ4v) is 3.10. The van der Waals surface area contributed by atoms with Crippen molar-refractivity contribution in [1.29, 1.82) is 0 Å². The molecule has 1 heterocycles. The summed E-state index contributed by atoms with van der Waals surface area (Å²) in [5.41, 5.74) is 1.47. The standard InChI is InChI=1S/C20H26N4O5S/c1-28-19(26)16(8-9-30-2)23-18(25)17(10-15-11-21-13-22-15)24-20(27)29-12-14-6-4-3-5-7-14/h3-7,11,13,16-17H,8-10,12H2,1-2H3,(H,21,22)(H,23,25)(H,24,27)/t16-,17-/m0/s1. The highest BCUT2D eigenvalue weighted by atomic mass is 32.2. The fraction of sp³-hybridized carbons (Fsp3) is 0.400. The van der Waals surface area contributed by atoms with Crippen molar-refractivity contribution in [2.75, 3.05) is 19.1 Å². The van der Waals surface area contributed by atoms with Gasteiger partial charge in [0.05, 0.1) is 13.4 Å². The first-order chi connectivity index (χ1) is 14.5. The molecule has 0 radical (unpaired) electrons. The molecule has 30 heavy (non-hydrogen) atoms. The number of amides is 2. The number of rotatable bonds is 11. The number of alkyl carbamates (subject to hydrolysis) is 1. The molecule has 2 rings (SSSR count). The third kappa shape index (κ3) is 7.78. The van der Waals surface area contributed by atoms with Gasteiger partial charge in [-0.3, -0.25) is 4.79 Å². The van der Waals surface area contributed by atoms with Gasteiger partial charge < -0.3 is 25.1 Å². The van der Waals surface area contributed by atoms with Crippen LogP contribution in [0.25, 0.3) is 0 Å². The number of methoxy groups -OCH3 is 1. The molecule has 0 aliphatic rings. The second-order valence-corrected chi connectivity index (χ2v) is 7.39. The summed E-state index contributed by atoms with van der Waals surface area (Å²) in [6.45, 7) is 0.0730. The molecule has 0 aliphatic carbocycles. The number of nitrogens with one attached hydrogen (secondary N) is 3. The molecule has 162 valence electrons. The molecule has 0 bridgehead atoms. The number of ether oxygens (including phenoxy) is 2. The lowest BCUT2D eigenvalue weighted by atomic mass is 10.1. The molecule has 0 saturated heterocycles. The van der Waals surface area contributed by atoms with Crippen molar-refractivity contribution < 1.29 is 23.9 Å². The first-order valence-electron chi connectivity index (χ1n) is 9.35. The lowest BCUT2D eigenvalue weighted by Crippen LogP contribution is -2.53. The van der Waals surface area contributed by atoms with Crippen LogP contribution in [0.2, 0.25) is 0 Å². The predicted octanol–water partition coefficient (Wildman–Crippen LogP) is 1.66. The second kappa shape index (κ2) is 12.5. The Kier molecular flexibility index (Phi) is 9.72. The summed E-state index contributed by atoms with van der Waals surface area (Å²) < 4.78 is 9.99. The summed E-state index contributed by atoms with van der Waals surface area (Å²) in [7, 11) is 1.27. The molecule has 0 unspecified atom stereocenters. The number of hydrogen-bond donors (Lipinski definition) is 3. The van der Waals surface area contributed by atoms with Gasteiger partial charge in [0, 0.05) is 18.3 Å². The third-order valence-electron chi connectivity index (χ3n) is 4.21. The van der Waals surface area contributed by atoms with Gasteiger partial charge in [-0.2, -0.15) is 11.8 Å². The molecule has 2 amide bonds. The number of carbonyl (C=O) groups excluding carboxylic acids is 3. The Hall–Kier alpha value is -3.01. The highest BCUT2D eigenvalue weighted by Crippen LogP contribution is 2.06. The van der Waals surface area contributed by atoms with Gasteiger partial charge in [-0.25, -0.2) is 14.6 Å². The minimum atomic E-state index is -0.963. The number of imidazole rings is 1. The number of aromatic amines is 1. The van der Waals surface area contributed by atoms with E-state index < -0.39 is 30.1 Å². The van der Waals surface area contributed by atoms with Crippen molar-refractivity contribution in [2.24, 2.45) is 0 Å². The fourth-order valence-electron chi connectivity index (χ4n) is 2.63. The maximum Gasteiger partial charge on any atom is 0.408 e. The molecule has 0 fully saturated rings. The summed E-state index contributed by atoms with van der Waals surface area (Å²) in [4.78, 5) is 43.9. The number of esters is 1. The molecule has 9 nitrogen and oxygen atoms in total. The van der Waals surface area contributed by atoms with Crippen molar-refractivity contribution in [3.05, 3.63) is 54.1 Å². The van der Waals surface area contributed by atoms with Crippen LogP contribution in [0.4, 0.5) is 4.79 Å². The number of benzene rings is 1. The van der Waals surface area contributed by atoms with E-state index in [1.807, 2.05) is 36.6 Å². The van der Waals surface area contributed by atoms with Crippen LogP contribution in [0.3, 0.4) is 0 Å². The van der Waals surface area contributed by atoms with Crippen molar-refractivity contribution in [2.45, 2.75) is 31.5 Å². The van der Waals surface area contributed by atoms with Gasteiger partial charge in [0.2, 0.25) is 5.91 Å². The van der Waals surface area contributed by atoms with Crippen LogP contribution in [-0.4, -0.2) is 59.1 Å². The Bertz CT molecular complexity index is 801. The molecule has 1 aromatic carbocycles. The van der Waals surface area contributed by atoms with Crippen LogP contribution in [0.1, 0.15) is 17.7 Å². The average molecular weight is 435 g/mol. The summed E-state index contributed by atoms with van der Waals surface area (Å²) in [5, 5.41) is 5.23. The van der Waals surface area contributed by atoms with Crippen molar-refractivity contribution in [3.63, 3.8) is 0 Å². The molecule has 2 aromatic rings. The number of nitrogens with zero attached hydrogens (tertiary/aromatic N) is 1. The van der Waals surface area contributed by atoms with E-state index in [1.54, 1.807) is 18.0 Å². The molecule has 2 atom stereocenters. The molecule has 1 aromatic heterocycles. The van der Waals surface area contributed by atoms with Gasteiger partial charge in [-0.05, 0) is 24.0 Å². The molecule has 0 spiro atoms. The summed E-state index contributed by atoms with van der Waals surface area (Å²) in [6.07, 6.45) is 4.77. The lowest BCUT2D eigenvalue weighted by molar-refractivity contribution is -0.145. The largest absolute Gasteiger partial charge is 0.467 e. The normalized spacial score (nSPS) is 12.5. The van der Waals surface area contributed by atoms with Gasteiger partial charge >= 0.3 is 12.1 Å². The number of H-pyrrole nitrogens is 1. The molecular formula is C20H26N4O5S. The van der Waals surface area contributed by atoms with E-state index in [0.29, 0.717) is 17.9 Å². The Morgan fingerprint density at radius 2 is 1.93 bits per heavy atom. The SMILES string of the molecule is COC(=O)[C@H](CCSC)NC(=O)[C@H](Cc1cnc[nH]1)NC(=O)OCc1ccccc1. The molecule has 0 aliphatic heterocycles. The molecular weight excluding hydrogens is 408 g/mol. The van der Waals surface area contributed by atoms with Crippen LogP contribution < -0.4 is 10.6 Å². The Labute approximate surface area is 179 Å². The number of thioether (sulfide) groups is 1. The Balaban J connectivity index is 2.02. The van der Waals surface area contributed by atoms with Gasteiger partial charge in [0.15, 0.2) is 0 Å². The van der Waals surface area contributed by atoms with Gasteiger partial charge in [-0.1, -0.05) is 30.3 Å². The maximum atomic E-state index is 12.8. The minimum absolute atomic E-state index is 0.0730. The molecule has 10 heteroatoms. The first kappa shape index (κ1) is 23.3. The number of hydrogen-bond acceptors (Lipinski definition) is 7. The van der Waals surface area contributed by atoms with Crippen LogP contribution in [0.15, 0.2) is 42.9 Å². The van der Waals surface area contributed by atoms with Crippen molar-refractivity contribution >= 4 is 29.7 Å². The van der Waals surface area contributed by atoms with Gasteiger partial charge in [0.25, 0.3) is 0 Å². The van der Waals surface area contributed by atoms with E-state index in [0.717, 1.165) is 5.56 Å². The lowest BCUT2D eigenvalue weighted by Gasteiger charge is -2.21. The predicted molar refractivity (Wildman–Crippen MR) is 113 cm³/mol. The smallest absolute Gasteiger partial charge is 0.408 e. The highest BCUT2D eigenvalue weighted by Gasteiger charge is 2.28. The van der Waals surface area contributed by atoms with Crippen LogP contribution in [-0.2, 0) is 32.1 Å². The van der Waals surface area contributed by atoms with Crippen LogP contribution in [0.5, 0.6) is 0 Å². The van der Waals surface area contributed by atoms with E-state index in [-0.39, 0.29) is 13.0 Å². The number of aromatic nitrogens is 2. The van der Waals surface area contributed by atoms with Crippen LogP contribution >= 0.6 is 11.8 Å². The van der Waals surface area contributed by atoms with E-state index in [4.69, 9.17) is 9.47 Å². The summed E-state index contributed by atoms with van der Waals surface area (Å²) in [6, 6.07) is 7.43. The Morgan fingerprint density at radius 1 is 1.17 bits per heavy atom. The van der Waals surface area contributed by atoms with E-state index >= 15 is 0 Å². The quantitative estimate of drug-likeness (QED) is 0.460. The first-order valence-corrected chi connectivity index (χ1v) is 10.7. The van der Waals surface area contributed by atoms with Gasteiger partial charge in [0.1, 0.15) is 18.7 Å². The highest BCUT2D eigenvalue weighted by molar-refractivity contribution is 7.98. The Morgan fingerprint density at radius 3 is 2.57 bits per heavy atom. The number of carbonyl (C=O) groups is 3. The van der Waals surface area contributed by atoms with E-state index in [2.05, 4.69) is 20.6 Å². The van der Waals surface area contributed by atoms with E-state index in [1.165, 1.54) is 13.4 Å². The zero-order chi connectivity index (χ0) is 21.8. The van der Waals surface area contributed by atoms with Crippen LogP contribution in [0, 0.1) is 0 Å². The minimum Gasteiger partial charge on any atom is -0.467 e. The second-order valence-electron chi connectivity index (χ2n) is 6.41. The summed E-state index contributed by atoms with van der Waals surface area (Å²) >= 11 is 1.55. The van der Waals surface area contributed by atoms with Crippen molar-refractivity contribution in [3.8, 4) is 0 Å². The zero-order valence-electron chi connectivity index (χ0n) is 16.9.